The average molecular weight is 679 g/mol. The van der Waals surface area contributed by atoms with Gasteiger partial charge in [-0.15, -0.1) is 0 Å². The molecule has 6 rings (SSSR count). The van der Waals surface area contributed by atoms with Crippen molar-refractivity contribution in [1.82, 2.24) is 5.32 Å². The molecule has 0 saturated carbocycles. The van der Waals surface area contributed by atoms with Gasteiger partial charge in [-0.1, -0.05) is 30.3 Å². The zero-order valence-corrected chi connectivity index (χ0v) is 26.4. The number of methoxy groups -OCH3 is 1. The van der Waals surface area contributed by atoms with Gasteiger partial charge in [-0.3, -0.25) is 24.5 Å². The van der Waals surface area contributed by atoms with E-state index in [9.17, 15) is 50.0 Å². The Morgan fingerprint density at radius 2 is 1.80 bits per heavy atom. The van der Waals surface area contributed by atoms with Crippen molar-refractivity contribution >= 4 is 23.0 Å². The Labute approximate surface area is 278 Å². The van der Waals surface area contributed by atoms with E-state index in [1.54, 1.807) is 19.1 Å². The van der Waals surface area contributed by atoms with E-state index in [-0.39, 0.29) is 46.7 Å². The summed E-state index contributed by atoms with van der Waals surface area (Å²) in [5.41, 5.74) is -3.71. The molecule has 3 aromatic carbocycles. The molecule has 49 heavy (non-hydrogen) atoms. The highest BCUT2D eigenvalue weighted by Crippen LogP contribution is 2.52. The first-order valence-corrected chi connectivity index (χ1v) is 15.5. The number of phenolic OH excluding ortho intramolecular Hbond substituents is 2. The lowest BCUT2D eigenvalue weighted by Crippen LogP contribution is -2.54. The van der Waals surface area contributed by atoms with E-state index in [2.05, 4.69) is 5.32 Å². The lowest BCUT2D eigenvalue weighted by Gasteiger charge is -2.43. The number of benzene rings is 3. The van der Waals surface area contributed by atoms with E-state index in [1.807, 2.05) is 0 Å². The number of ketones is 3. The monoisotopic (exact) mass is 678 g/mol. The summed E-state index contributed by atoms with van der Waals surface area (Å²) in [6.45, 7) is 0.508. The van der Waals surface area contributed by atoms with Gasteiger partial charge in [-0.05, 0) is 13.0 Å². The van der Waals surface area contributed by atoms with Gasteiger partial charge in [-0.2, -0.15) is 0 Å². The molecule has 6 N–H and O–H groups in total. The third-order valence-electron chi connectivity index (χ3n) is 9.50. The van der Waals surface area contributed by atoms with E-state index in [1.165, 1.54) is 37.4 Å². The van der Waals surface area contributed by atoms with E-state index >= 15 is 0 Å². The van der Waals surface area contributed by atoms with Crippen molar-refractivity contribution in [1.29, 1.82) is 0 Å². The summed E-state index contributed by atoms with van der Waals surface area (Å²) in [5, 5.41) is 69.9. The van der Waals surface area contributed by atoms with Crippen molar-refractivity contribution in [3.63, 3.8) is 0 Å². The number of nitrogens with one attached hydrogen (secondary N) is 1. The van der Waals surface area contributed by atoms with Crippen LogP contribution in [0.4, 0.5) is 5.69 Å². The standard InChI is InChI=1S/C34H34N2O13/c1-15-29(39)19(35-13-16-6-3-4-8-20(16)36(45)46)10-24(48-15)49-22-12-34(44,23(38)14-37)11-18-26(22)33(43)28-27(31(18)41)30(40)17-7-5-9-21(47-2)25(17)32(28)42/h3-9,15,19,22,24,29,35,37,39,41,43-44H,10-14H2,1-2H3/t15-,19-,22-,24-,29+,34-/m0/s1. The first-order chi connectivity index (χ1) is 23.3. The Morgan fingerprint density at radius 3 is 2.49 bits per heavy atom. The molecule has 1 aliphatic heterocycles. The first-order valence-electron chi connectivity index (χ1n) is 15.5. The fraction of sp³-hybridized carbons (Fsp3) is 0.382. The van der Waals surface area contributed by atoms with Crippen molar-refractivity contribution in [2.45, 2.75) is 69.0 Å². The molecule has 0 unspecified atom stereocenters. The number of hydrogen-bond donors (Lipinski definition) is 6. The highest BCUT2D eigenvalue weighted by Gasteiger charge is 2.50. The smallest absolute Gasteiger partial charge is 0.273 e. The van der Waals surface area contributed by atoms with Gasteiger partial charge in [0.25, 0.3) is 5.69 Å². The lowest BCUT2D eigenvalue weighted by molar-refractivity contribution is -0.385. The molecule has 3 aliphatic rings. The van der Waals surface area contributed by atoms with Crippen molar-refractivity contribution < 1.29 is 59.1 Å². The number of para-hydroxylation sites is 1. The molecule has 2 aliphatic carbocycles. The van der Waals surface area contributed by atoms with Crippen LogP contribution in [0.5, 0.6) is 17.2 Å². The largest absolute Gasteiger partial charge is 0.507 e. The van der Waals surface area contributed by atoms with E-state index < -0.39 is 101 Å². The highest BCUT2D eigenvalue weighted by atomic mass is 16.7. The second kappa shape index (κ2) is 12.9. The topological polar surface area (TPSA) is 235 Å². The molecule has 0 aromatic heterocycles. The third kappa shape index (κ3) is 5.73. The molecule has 0 radical (unpaired) electrons. The number of phenols is 2. The zero-order valence-electron chi connectivity index (χ0n) is 26.4. The minimum absolute atomic E-state index is 0.0111. The van der Waals surface area contributed by atoms with Crippen LogP contribution in [0, 0.1) is 10.1 Å². The molecule has 0 spiro atoms. The van der Waals surface area contributed by atoms with Gasteiger partial charge in [0, 0.05) is 60.2 Å². The number of ether oxygens (including phenoxy) is 3. The molecule has 6 atom stereocenters. The summed E-state index contributed by atoms with van der Waals surface area (Å²) < 4.78 is 17.4. The number of nitrogens with zero attached hydrogens (tertiary/aromatic N) is 1. The third-order valence-corrected chi connectivity index (χ3v) is 9.50. The first kappa shape index (κ1) is 34.1. The lowest BCUT2D eigenvalue weighted by atomic mass is 9.72. The van der Waals surface area contributed by atoms with Gasteiger partial charge in [0.1, 0.15) is 29.5 Å². The zero-order chi connectivity index (χ0) is 35.4. The van der Waals surface area contributed by atoms with E-state index in [0.717, 1.165) is 0 Å². The van der Waals surface area contributed by atoms with Gasteiger partial charge in [-0.25, -0.2) is 0 Å². The van der Waals surface area contributed by atoms with Crippen molar-refractivity contribution in [3.05, 3.63) is 91.5 Å². The normalized spacial score (nSPS) is 26.0. The highest BCUT2D eigenvalue weighted by molar-refractivity contribution is 6.31. The minimum Gasteiger partial charge on any atom is -0.507 e. The average Bonchev–Trinajstić information content (AvgIpc) is 3.08. The van der Waals surface area contributed by atoms with Crippen molar-refractivity contribution in [2.24, 2.45) is 0 Å². The number of carbonyl (C=O) groups is 3. The molecule has 1 saturated heterocycles. The molecule has 15 nitrogen and oxygen atoms in total. The molecule has 3 aromatic rings. The number of aromatic hydroxyl groups is 2. The molecular formula is C34H34N2O13. The SMILES string of the molecule is COc1cccc2c1C(=O)c1c(O)c3c(c(O)c1C2=O)C[C@@](O)(C(=O)CO)C[C@@H]3O[C@H]1C[C@H](NCc2ccccc2[N+](=O)[O-])[C@H](O)[C@H](C)O1. The van der Waals surface area contributed by atoms with Crippen LogP contribution in [0.3, 0.4) is 0 Å². The molecule has 258 valence electrons. The minimum atomic E-state index is -2.32. The van der Waals surface area contributed by atoms with Gasteiger partial charge < -0.3 is 45.1 Å². The van der Waals surface area contributed by atoms with E-state index in [4.69, 9.17) is 14.2 Å². The molecule has 15 heteroatoms. The predicted molar refractivity (Wildman–Crippen MR) is 168 cm³/mol. The number of Topliss-reactive ketones (excluding diaryl/α,β-unsaturated/α-hetero) is 1. The fourth-order valence-corrected chi connectivity index (χ4v) is 7.00. The summed E-state index contributed by atoms with van der Waals surface area (Å²) >= 11 is 0. The van der Waals surface area contributed by atoms with Crippen molar-refractivity contribution in [2.75, 3.05) is 13.7 Å². The Morgan fingerprint density at radius 1 is 1.08 bits per heavy atom. The molecular weight excluding hydrogens is 644 g/mol. The Hall–Kier alpha value is -4.77. The van der Waals surface area contributed by atoms with Crippen molar-refractivity contribution in [3.8, 4) is 17.2 Å². The summed E-state index contributed by atoms with van der Waals surface area (Å²) in [6.07, 6.45) is -5.77. The number of hydrogen-bond acceptors (Lipinski definition) is 14. The number of nitro groups is 1. The maximum absolute atomic E-state index is 13.9. The van der Waals surface area contributed by atoms with Gasteiger partial charge in [0.2, 0.25) is 5.78 Å². The second-order valence-electron chi connectivity index (χ2n) is 12.4. The van der Waals surface area contributed by atoms with Crippen LogP contribution in [-0.2, 0) is 27.2 Å². The van der Waals surface area contributed by atoms with Gasteiger partial charge in [0.15, 0.2) is 17.9 Å². The number of nitro benzene ring substituents is 1. The summed E-state index contributed by atoms with van der Waals surface area (Å²) in [5.74, 6) is -4.02. The number of aliphatic hydroxyl groups excluding tert-OH is 2. The summed E-state index contributed by atoms with van der Waals surface area (Å²) in [4.78, 5) is 51.4. The summed E-state index contributed by atoms with van der Waals surface area (Å²) in [6, 6.07) is 9.68. The van der Waals surface area contributed by atoms with Crippen LogP contribution in [0.25, 0.3) is 0 Å². The van der Waals surface area contributed by atoms with Crippen LogP contribution in [-0.4, -0.2) is 91.7 Å². The molecule has 1 heterocycles. The van der Waals surface area contributed by atoms with Crippen LogP contribution in [0.2, 0.25) is 0 Å². The Kier molecular flexibility index (Phi) is 9.00. The maximum atomic E-state index is 13.9. The Bertz CT molecular complexity index is 1880. The second-order valence-corrected chi connectivity index (χ2v) is 12.4. The molecule has 0 bridgehead atoms. The van der Waals surface area contributed by atoms with Crippen LogP contribution < -0.4 is 10.1 Å². The van der Waals surface area contributed by atoms with Gasteiger partial charge in [0.05, 0.1) is 47.0 Å². The number of aliphatic hydroxyl groups is 3. The number of carbonyl (C=O) groups excluding carboxylic acids is 3. The Balaban J connectivity index is 1.38. The predicted octanol–water partition coefficient (Wildman–Crippen LogP) is 1.74. The number of rotatable bonds is 9. The summed E-state index contributed by atoms with van der Waals surface area (Å²) in [7, 11) is 1.31. The molecule has 0 amide bonds. The van der Waals surface area contributed by atoms with Crippen LogP contribution in [0.15, 0.2) is 42.5 Å². The molecule has 1 fully saturated rings. The fourth-order valence-electron chi connectivity index (χ4n) is 7.00. The van der Waals surface area contributed by atoms with Crippen LogP contribution in [0.1, 0.15) is 74.4 Å². The number of fused-ring (bicyclic) bond motifs is 3. The van der Waals surface area contributed by atoms with Gasteiger partial charge >= 0.3 is 0 Å². The van der Waals surface area contributed by atoms with Crippen LogP contribution >= 0.6 is 0 Å². The maximum Gasteiger partial charge on any atom is 0.273 e. The van der Waals surface area contributed by atoms with E-state index in [0.29, 0.717) is 5.56 Å². The quantitative estimate of drug-likeness (QED) is 0.0841.